The van der Waals surface area contributed by atoms with Gasteiger partial charge in [-0.3, -0.25) is 0 Å². The van der Waals surface area contributed by atoms with Gasteiger partial charge in [-0.05, 0) is 30.2 Å². The van der Waals surface area contributed by atoms with E-state index in [2.05, 4.69) is 19.1 Å². The highest BCUT2D eigenvalue weighted by Gasteiger charge is 2.24. The van der Waals surface area contributed by atoms with Crippen molar-refractivity contribution in [2.75, 3.05) is 18.9 Å². The Morgan fingerprint density at radius 1 is 1.25 bits per heavy atom. The van der Waals surface area contributed by atoms with Gasteiger partial charge in [0.05, 0.1) is 24.8 Å². The van der Waals surface area contributed by atoms with Gasteiger partial charge in [0.25, 0.3) is 0 Å². The minimum atomic E-state index is 0.274. The average molecular weight is 269 g/mol. The molecule has 0 saturated carbocycles. The molecule has 104 valence electrons. The molecule has 1 atom stereocenters. The average Bonchev–Trinajstić information content (AvgIpc) is 2.89. The molecule has 1 unspecified atom stereocenters. The molecule has 20 heavy (non-hydrogen) atoms. The Morgan fingerprint density at radius 2 is 2.10 bits per heavy atom. The summed E-state index contributed by atoms with van der Waals surface area (Å²) >= 11 is 0. The molecule has 2 N–H and O–H groups in total. The van der Waals surface area contributed by atoms with Gasteiger partial charge in [0.1, 0.15) is 11.5 Å². The largest absolute Gasteiger partial charge is 0.493 e. The lowest BCUT2D eigenvalue weighted by molar-refractivity contribution is 0.249. The van der Waals surface area contributed by atoms with Gasteiger partial charge in [-0.2, -0.15) is 0 Å². The van der Waals surface area contributed by atoms with Crippen LogP contribution in [0, 0.1) is 0 Å². The van der Waals surface area contributed by atoms with Crippen LogP contribution in [0.2, 0.25) is 0 Å². The Morgan fingerprint density at radius 3 is 2.90 bits per heavy atom. The highest BCUT2D eigenvalue weighted by atomic mass is 16.5. The number of benzene rings is 2. The van der Waals surface area contributed by atoms with Crippen molar-refractivity contribution in [3.05, 3.63) is 53.6 Å². The Hall–Kier alpha value is -2.16. The molecule has 3 heteroatoms. The number of nitrogens with two attached hydrogens (primary N) is 1. The van der Waals surface area contributed by atoms with E-state index in [0.717, 1.165) is 17.9 Å². The lowest BCUT2D eigenvalue weighted by atomic mass is 10.0. The van der Waals surface area contributed by atoms with E-state index in [1.807, 2.05) is 30.3 Å². The summed E-state index contributed by atoms with van der Waals surface area (Å²) in [5.41, 5.74) is 9.17. The highest BCUT2D eigenvalue weighted by Crippen LogP contribution is 2.34. The third-order valence-electron chi connectivity index (χ3n) is 3.72. The quantitative estimate of drug-likeness (QED) is 0.865. The summed E-state index contributed by atoms with van der Waals surface area (Å²) in [4.78, 5) is 0. The summed E-state index contributed by atoms with van der Waals surface area (Å²) in [6.45, 7) is 3.38. The van der Waals surface area contributed by atoms with Crippen molar-refractivity contribution < 1.29 is 9.47 Å². The van der Waals surface area contributed by atoms with Crippen molar-refractivity contribution in [2.24, 2.45) is 0 Å². The van der Waals surface area contributed by atoms with E-state index in [0.29, 0.717) is 18.9 Å². The first-order valence-electron chi connectivity index (χ1n) is 7.01. The maximum absolute atomic E-state index is 6.02. The smallest absolute Gasteiger partial charge is 0.142 e. The standard InChI is InChI=1S/C17H19NO2/c1-2-12-7-8-17(15(18)9-12)20-11-13-10-19-16-6-4-3-5-14(13)16/h3-9,13H,2,10-11,18H2,1H3. The molecule has 0 radical (unpaired) electrons. The molecular formula is C17H19NO2. The van der Waals surface area contributed by atoms with Gasteiger partial charge in [0, 0.05) is 5.56 Å². The van der Waals surface area contributed by atoms with Gasteiger partial charge < -0.3 is 15.2 Å². The molecule has 0 saturated heterocycles. The molecule has 0 aliphatic carbocycles. The van der Waals surface area contributed by atoms with Crippen molar-refractivity contribution in [1.82, 2.24) is 0 Å². The van der Waals surface area contributed by atoms with Crippen LogP contribution in [-0.2, 0) is 6.42 Å². The van der Waals surface area contributed by atoms with E-state index >= 15 is 0 Å². The molecule has 1 heterocycles. The van der Waals surface area contributed by atoms with Crippen LogP contribution in [0.3, 0.4) is 0 Å². The molecular weight excluding hydrogens is 250 g/mol. The third kappa shape index (κ3) is 2.44. The van der Waals surface area contributed by atoms with Crippen LogP contribution >= 0.6 is 0 Å². The van der Waals surface area contributed by atoms with Crippen LogP contribution in [0.5, 0.6) is 11.5 Å². The second kappa shape index (κ2) is 5.45. The Bertz CT molecular complexity index is 610. The third-order valence-corrected chi connectivity index (χ3v) is 3.72. The molecule has 1 aliphatic rings. The monoisotopic (exact) mass is 269 g/mol. The van der Waals surface area contributed by atoms with Gasteiger partial charge >= 0.3 is 0 Å². The number of hydrogen-bond donors (Lipinski definition) is 1. The van der Waals surface area contributed by atoms with Gasteiger partial charge in [-0.25, -0.2) is 0 Å². The summed E-state index contributed by atoms with van der Waals surface area (Å²) in [6.07, 6.45) is 0.980. The minimum absolute atomic E-state index is 0.274. The summed E-state index contributed by atoms with van der Waals surface area (Å²) in [6, 6.07) is 14.1. The fraction of sp³-hybridized carbons (Fsp3) is 0.294. The zero-order chi connectivity index (χ0) is 13.9. The second-order valence-corrected chi connectivity index (χ2v) is 5.08. The first-order valence-corrected chi connectivity index (χ1v) is 7.01. The fourth-order valence-electron chi connectivity index (χ4n) is 2.51. The van der Waals surface area contributed by atoms with E-state index in [-0.39, 0.29) is 5.92 Å². The van der Waals surface area contributed by atoms with E-state index in [4.69, 9.17) is 15.2 Å². The molecule has 0 spiro atoms. The summed E-state index contributed by atoms with van der Waals surface area (Å²) in [7, 11) is 0. The van der Waals surface area contributed by atoms with Crippen molar-refractivity contribution in [2.45, 2.75) is 19.3 Å². The van der Waals surface area contributed by atoms with E-state index < -0.39 is 0 Å². The fourth-order valence-corrected chi connectivity index (χ4v) is 2.51. The molecule has 3 rings (SSSR count). The summed E-state index contributed by atoms with van der Waals surface area (Å²) in [5, 5.41) is 0. The van der Waals surface area contributed by atoms with Crippen LogP contribution in [-0.4, -0.2) is 13.2 Å². The number of aryl methyl sites for hydroxylation is 1. The number of hydrogen-bond acceptors (Lipinski definition) is 3. The first kappa shape index (κ1) is 12.9. The lowest BCUT2D eigenvalue weighted by Gasteiger charge is -2.13. The Balaban J connectivity index is 1.69. The van der Waals surface area contributed by atoms with Gasteiger partial charge in [-0.15, -0.1) is 0 Å². The lowest BCUT2D eigenvalue weighted by Crippen LogP contribution is -2.12. The number of fused-ring (bicyclic) bond motifs is 1. The van der Waals surface area contributed by atoms with Gasteiger partial charge in [0.15, 0.2) is 0 Å². The minimum Gasteiger partial charge on any atom is -0.493 e. The van der Waals surface area contributed by atoms with Crippen molar-refractivity contribution in [1.29, 1.82) is 0 Å². The van der Waals surface area contributed by atoms with Crippen LogP contribution in [0.4, 0.5) is 5.69 Å². The number of rotatable bonds is 4. The maximum atomic E-state index is 6.02. The predicted molar refractivity (Wildman–Crippen MR) is 80.4 cm³/mol. The van der Waals surface area contributed by atoms with E-state index in [9.17, 15) is 0 Å². The molecule has 1 aliphatic heterocycles. The topological polar surface area (TPSA) is 44.5 Å². The van der Waals surface area contributed by atoms with Crippen LogP contribution in [0.25, 0.3) is 0 Å². The zero-order valence-corrected chi connectivity index (χ0v) is 11.6. The zero-order valence-electron chi connectivity index (χ0n) is 11.6. The van der Waals surface area contributed by atoms with Crippen molar-refractivity contribution in [3.8, 4) is 11.5 Å². The number of ether oxygens (including phenoxy) is 2. The SMILES string of the molecule is CCc1ccc(OCC2COc3ccccc32)c(N)c1. The number of anilines is 1. The number of nitrogen functional groups attached to an aromatic ring is 1. The summed E-state index contributed by atoms with van der Waals surface area (Å²) in [5.74, 6) is 2.00. The first-order chi connectivity index (χ1) is 9.78. The van der Waals surface area contributed by atoms with Crippen LogP contribution in [0.1, 0.15) is 24.0 Å². The van der Waals surface area contributed by atoms with E-state index in [1.165, 1.54) is 11.1 Å². The van der Waals surface area contributed by atoms with E-state index in [1.54, 1.807) is 0 Å². The predicted octanol–water partition coefficient (Wildman–Crippen LogP) is 3.39. The molecule has 0 fully saturated rings. The molecule has 0 bridgehead atoms. The van der Waals surface area contributed by atoms with Crippen LogP contribution in [0.15, 0.2) is 42.5 Å². The number of para-hydroxylation sites is 1. The van der Waals surface area contributed by atoms with Crippen molar-refractivity contribution >= 4 is 5.69 Å². The van der Waals surface area contributed by atoms with Gasteiger partial charge in [-0.1, -0.05) is 31.2 Å². The normalized spacial score (nSPS) is 16.6. The molecule has 0 aromatic heterocycles. The molecule has 3 nitrogen and oxygen atoms in total. The Labute approximate surface area is 119 Å². The molecule has 2 aromatic carbocycles. The molecule has 0 amide bonds. The molecule has 2 aromatic rings. The Kier molecular flexibility index (Phi) is 3.50. The van der Waals surface area contributed by atoms with Gasteiger partial charge in [0.2, 0.25) is 0 Å². The summed E-state index contributed by atoms with van der Waals surface area (Å²) < 4.78 is 11.5. The maximum Gasteiger partial charge on any atom is 0.142 e. The van der Waals surface area contributed by atoms with Crippen LogP contribution < -0.4 is 15.2 Å². The van der Waals surface area contributed by atoms with Crippen molar-refractivity contribution in [3.63, 3.8) is 0 Å². The highest BCUT2D eigenvalue weighted by molar-refractivity contribution is 5.54. The second-order valence-electron chi connectivity index (χ2n) is 5.08.